The molecule has 0 spiro atoms. The number of nitrogens with zero attached hydrogens (tertiary/aromatic N) is 3. The fraction of sp³-hybridized carbons (Fsp3) is 0.231. The van der Waals surface area contributed by atoms with Crippen LogP contribution in [-0.4, -0.2) is 30.3 Å². The molecule has 18 heavy (non-hydrogen) atoms. The van der Waals surface area contributed by atoms with Crippen LogP contribution >= 0.6 is 11.8 Å². The lowest BCUT2D eigenvalue weighted by Crippen LogP contribution is -2.12. The number of thioether (sulfide) groups is 1. The van der Waals surface area contributed by atoms with E-state index in [9.17, 15) is 0 Å². The zero-order valence-corrected chi connectivity index (χ0v) is 11.5. The van der Waals surface area contributed by atoms with Crippen LogP contribution in [0.4, 0.5) is 17.3 Å². The maximum absolute atomic E-state index is 4.51. The van der Waals surface area contributed by atoms with Crippen LogP contribution in [-0.2, 0) is 0 Å². The van der Waals surface area contributed by atoms with Crippen molar-refractivity contribution in [3.63, 3.8) is 0 Å². The van der Waals surface area contributed by atoms with Crippen LogP contribution in [0.25, 0.3) is 0 Å². The van der Waals surface area contributed by atoms with E-state index in [4.69, 9.17) is 0 Å². The monoisotopic (exact) mass is 260 g/mol. The quantitative estimate of drug-likeness (QED) is 0.676. The maximum Gasteiger partial charge on any atom is 0.191 e. The van der Waals surface area contributed by atoms with Gasteiger partial charge in [0.05, 0.1) is 0 Å². The normalized spacial score (nSPS) is 10.2. The van der Waals surface area contributed by atoms with E-state index in [2.05, 4.69) is 27.4 Å². The highest BCUT2D eigenvalue weighted by Gasteiger charge is 2.08. The second kappa shape index (κ2) is 5.73. The molecular weight excluding hydrogens is 244 g/mol. The first-order valence-corrected chi connectivity index (χ1v) is 6.86. The van der Waals surface area contributed by atoms with Gasteiger partial charge in [-0.25, -0.2) is 9.97 Å². The van der Waals surface area contributed by atoms with Crippen LogP contribution in [0.3, 0.4) is 0 Å². The Morgan fingerprint density at radius 1 is 1.17 bits per heavy atom. The molecule has 0 fully saturated rings. The molecule has 0 saturated heterocycles. The van der Waals surface area contributed by atoms with Gasteiger partial charge in [0, 0.05) is 25.8 Å². The molecule has 4 nitrogen and oxygen atoms in total. The van der Waals surface area contributed by atoms with Crippen molar-refractivity contribution < 1.29 is 0 Å². The molecule has 1 N–H and O–H groups in total. The summed E-state index contributed by atoms with van der Waals surface area (Å²) in [6, 6.07) is 12.1. The summed E-state index contributed by atoms with van der Waals surface area (Å²) in [5, 5.41) is 3.82. The molecule has 94 valence electrons. The second-order valence-electron chi connectivity index (χ2n) is 3.74. The standard InChI is InChI=1S/C13H16N4S/c1-14-11-9-12(16-13(15-11)18-3)17(2)10-7-5-4-6-8-10/h4-9H,1-3H3,(H,14,15,16). The summed E-state index contributed by atoms with van der Waals surface area (Å²) in [4.78, 5) is 10.9. The Bertz CT molecular complexity index is 493. The van der Waals surface area contributed by atoms with Gasteiger partial charge in [-0.1, -0.05) is 30.0 Å². The maximum atomic E-state index is 4.51. The lowest BCUT2D eigenvalue weighted by atomic mass is 10.3. The smallest absolute Gasteiger partial charge is 0.191 e. The molecule has 0 amide bonds. The summed E-state index contributed by atoms with van der Waals surface area (Å²) < 4.78 is 0. The molecule has 1 aromatic carbocycles. The largest absolute Gasteiger partial charge is 0.373 e. The summed E-state index contributed by atoms with van der Waals surface area (Å²) in [5.41, 5.74) is 1.10. The van der Waals surface area contributed by atoms with Gasteiger partial charge in [0.2, 0.25) is 0 Å². The van der Waals surface area contributed by atoms with E-state index in [0.29, 0.717) is 0 Å². The minimum atomic E-state index is 0.764. The van der Waals surface area contributed by atoms with Crippen molar-refractivity contribution in [1.29, 1.82) is 0 Å². The van der Waals surface area contributed by atoms with Gasteiger partial charge in [-0.3, -0.25) is 0 Å². The van der Waals surface area contributed by atoms with Gasteiger partial charge in [0.1, 0.15) is 11.6 Å². The number of para-hydroxylation sites is 1. The van der Waals surface area contributed by atoms with E-state index in [1.54, 1.807) is 0 Å². The molecular formula is C13H16N4S. The van der Waals surface area contributed by atoms with Gasteiger partial charge < -0.3 is 10.2 Å². The predicted octanol–water partition coefficient (Wildman–Crippen LogP) is 3.01. The molecule has 0 aliphatic heterocycles. The molecule has 0 aliphatic rings. The Balaban J connectivity index is 2.38. The van der Waals surface area contributed by atoms with E-state index in [-0.39, 0.29) is 0 Å². The highest BCUT2D eigenvalue weighted by molar-refractivity contribution is 7.98. The molecule has 2 rings (SSSR count). The van der Waals surface area contributed by atoms with Crippen molar-refractivity contribution in [2.75, 3.05) is 30.6 Å². The Hall–Kier alpha value is -1.75. The highest BCUT2D eigenvalue weighted by Crippen LogP contribution is 2.25. The van der Waals surface area contributed by atoms with Crippen LogP contribution in [0.5, 0.6) is 0 Å². The molecule has 1 heterocycles. The zero-order valence-electron chi connectivity index (χ0n) is 10.7. The third-order valence-electron chi connectivity index (χ3n) is 2.62. The first-order valence-electron chi connectivity index (χ1n) is 5.64. The number of benzene rings is 1. The third kappa shape index (κ3) is 2.73. The van der Waals surface area contributed by atoms with Crippen molar-refractivity contribution in [2.24, 2.45) is 0 Å². The molecule has 0 saturated carbocycles. The Morgan fingerprint density at radius 3 is 2.50 bits per heavy atom. The number of anilines is 3. The van der Waals surface area contributed by atoms with Gasteiger partial charge in [-0.15, -0.1) is 0 Å². The summed E-state index contributed by atoms with van der Waals surface area (Å²) in [6.45, 7) is 0. The first kappa shape index (κ1) is 12.7. The Labute approximate surface area is 111 Å². The van der Waals surface area contributed by atoms with Gasteiger partial charge in [0.25, 0.3) is 0 Å². The fourth-order valence-electron chi connectivity index (χ4n) is 1.59. The van der Waals surface area contributed by atoms with E-state index in [1.165, 1.54) is 11.8 Å². The molecule has 0 radical (unpaired) electrons. The van der Waals surface area contributed by atoms with Crippen molar-refractivity contribution in [3.8, 4) is 0 Å². The van der Waals surface area contributed by atoms with Crippen molar-refractivity contribution in [2.45, 2.75) is 5.16 Å². The average molecular weight is 260 g/mol. The van der Waals surface area contributed by atoms with Crippen molar-refractivity contribution >= 4 is 29.1 Å². The molecule has 1 aromatic heterocycles. The number of rotatable bonds is 4. The van der Waals surface area contributed by atoms with Crippen molar-refractivity contribution in [3.05, 3.63) is 36.4 Å². The molecule has 0 aliphatic carbocycles. The van der Waals surface area contributed by atoms with Crippen LogP contribution in [0, 0.1) is 0 Å². The molecule has 2 aromatic rings. The molecule has 0 atom stereocenters. The predicted molar refractivity (Wildman–Crippen MR) is 77.9 cm³/mol. The summed E-state index contributed by atoms with van der Waals surface area (Å²) >= 11 is 1.54. The van der Waals surface area contributed by atoms with E-state index >= 15 is 0 Å². The highest BCUT2D eigenvalue weighted by atomic mass is 32.2. The lowest BCUT2D eigenvalue weighted by Gasteiger charge is -2.19. The Kier molecular flexibility index (Phi) is 4.04. The van der Waals surface area contributed by atoms with Crippen LogP contribution in [0.1, 0.15) is 0 Å². The average Bonchev–Trinajstić information content (AvgIpc) is 2.46. The second-order valence-corrected chi connectivity index (χ2v) is 4.52. The van der Waals surface area contributed by atoms with Crippen molar-refractivity contribution in [1.82, 2.24) is 9.97 Å². The number of aromatic nitrogens is 2. The van der Waals surface area contributed by atoms with E-state index < -0.39 is 0 Å². The third-order valence-corrected chi connectivity index (χ3v) is 3.17. The van der Waals surface area contributed by atoms with Crippen LogP contribution in [0.15, 0.2) is 41.6 Å². The summed E-state index contributed by atoms with van der Waals surface area (Å²) in [7, 11) is 3.86. The van der Waals surface area contributed by atoms with Gasteiger partial charge in [0.15, 0.2) is 5.16 Å². The summed E-state index contributed by atoms with van der Waals surface area (Å²) in [6.07, 6.45) is 1.97. The summed E-state index contributed by atoms with van der Waals surface area (Å²) in [5.74, 6) is 1.71. The minimum Gasteiger partial charge on any atom is -0.373 e. The number of nitrogens with one attached hydrogen (secondary N) is 1. The van der Waals surface area contributed by atoms with Gasteiger partial charge >= 0.3 is 0 Å². The van der Waals surface area contributed by atoms with Crippen LogP contribution < -0.4 is 10.2 Å². The number of hydrogen-bond donors (Lipinski definition) is 1. The van der Waals surface area contributed by atoms with E-state index in [1.807, 2.05) is 49.5 Å². The zero-order chi connectivity index (χ0) is 13.0. The molecule has 0 bridgehead atoms. The SMILES string of the molecule is CNc1cc(N(C)c2ccccc2)nc(SC)n1. The first-order chi connectivity index (χ1) is 8.74. The molecule has 0 unspecified atom stereocenters. The Morgan fingerprint density at radius 2 is 1.89 bits per heavy atom. The lowest BCUT2D eigenvalue weighted by molar-refractivity contribution is 0.948. The minimum absolute atomic E-state index is 0.764. The number of hydrogen-bond acceptors (Lipinski definition) is 5. The fourth-order valence-corrected chi connectivity index (χ4v) is 1.96. The topological polar surface area (TPSA) is 41.0 Å². The van der Waals surface area contributed by atoms with Crippen LogP contribution in [0.2, 0.25) is 0 Å². The molecule has 5 heteroatoms. The van der Waals surface area contributed by atoms with Gasteiger partial charge in [-0.2, -0.15) is 0 Å². The van der Waals surface area contributed by atoms with Gasteiger partial charge in [-0.05, 0) is 18.4 Å². The van der Waals surface area contributed by atoms with E-state index in [0.717, 1.165) is 22.5 Å².